The molecule has 2 rings (SSSR count). The number of alkyl halides is 4. The predicted molar refractivity (Wildman–Crippen MR) is 80.8 cm³/mol. The minimum absolute atomic E-state index is 0.153. The highest BCUT2D eigenvalue weighted by Crippen LogP contribution is 2.23. The van der Waals surface area contributed by atoms with Crippen molar-refractivity contribution in [3.05, 3.63) is 53.5 Å². The normalized spacial score (nSPS) is 11.4. The summed E-state index contributed by atoms with van der Waals surface area (Å²) >= 11 is 0. The van der Waals surface area contributed by atoms with Gasteiger partial charge in [0.25, 0.3) is 5.91 Å². The third-order valence-corrected chi connectivity index (χ3v) is 3.14. The van der Waals surface area contributed by atoms with E-state index in [2.05, 4.69) is 20.0 Å². The van der Waals surface area contributed by atoms with Crippen molar-refractivity contribution in [1.82, 2.24) is 15.3 Å². The Morgan fingerprint density at radius 2 is 2.04 bits per heavy atom. The zero-order valence-corrected chi connectivity index (χ0v) is 13.2. The van der Waals surface area contributed by atoms with Gasteiger partial charge in [-0.05, 0) is 24.6 Å². The monoisotopic (exact) mass is 357 g/mol. The zero-order valence-electron chi connectivity index (χ0n) is 13.2. The van der Waals surface area contributed by atoms with Gasteiger partial charge in [-0.1, -0.05) is 6.07 Å². The molecule has 2 aromatic rings. The number of rotatable bonds is 7. The molecule has 2 heterocycles. The lowest BCUT2D eigenvalue weighted by Crippen LogP contribution is -2.33. The minimum atomic E-state index is -4.24. The van der Waals surface area contributed by atoms with Crippen molar-refractivity contribution in [2.75, 3.05) is 6.61 Å². The van der Waals surface area contributed by atoms with Gasteiger partial charge in [0.15, 0.2) is 6.61 Å². The van der Waals surface area contributed by atoms with Gasteiger partial charge in [-0.3, -0.25) is 9.78 Å². The number of aromatic nitrogens is 2. The average Bonchev–Trinajstić information content (AvgIpc) is 2.58. The number of hydrogen-bond donors (Lipinski definition) is 1. The Morgan fingerprint density at radius 3 is 2.64 bits per heavy atom. The van der Waals surface area contributed by atoms with Gasteiger partial charge in [0.05, 0.1) is 0 Å². The number of carbonyl (C=O) groups excluding carboxylic acids is 1. The largest absolute Gasteiger partial charge is 0.471 e. The molecule has 1 amide bonds. The molecule has 134 valence electrons. The van der Waals surface area contributed by atoms with Crippen LogP contribution in [-0.2, 0) is 6.54 Å². The van der Waals surface area contributed by atoms with Crippen molar-refractivity contribution in [2.45, 2.75) is 25.8 Å². The van der Waals surface area contributed by atoms with E-state index in [0.717, 1.165) is 0 Å². The number of pyridine rings is 2. The molecule has 0 saturated heterocycles. The molecular weight excluding hydrogens is 342 g/mol. The third-order valence-electron chi connectivity index (χ3n) is 3.14. The molecule has 0 unspecified atom stereocenters. The molecule has 0 saturated carbocycles. The van der Waals surface area contributed by atoms with Crippen LogP contribution in [-0.4, -0.2) is 34.8 Å². The van der Waals surface area contributed by atoms with Crippen LogP contribution < -0.4 is 10.1 Å². The van der Waals surface area contributed by atoms with Crippen LogP contribution in [0, 0.1) is 6.92 Å². The number of halogens is 4. The van der Waals surface area contributed by atoms with Crippen molar-refractivity contribution < 1.29 is 27.1 Å². The number of nitrogens with zero attached hydrogens (tertiary/aromatic N) is 2. The predicted octanol–water partition coefficient (Wildman–Crippen LogP) is 2.99. The highest BCUT2D eigenvalue weighted by atomic mass is 19.3. The molecular formula is C16H15F4N3O2. The second-order valence-corrected chi connectivity index (χ2v) is 5.22. The van der Waals surface area contributed by atoms with Gasteiger partial charge in [0.1, 0.15) is 0 Å². The fraction of sp³-hybridized carbons (Fsp3) is 0.312. The molecule has 0 aliphatic rings. The number of hydrogen-bond acceptors (Lipinski definition) is 4. The Labute approximate surface area is 141 Å². The maximum Gasteiger partial charge on any atom is 0.340 e. The Balaban J connectivity index is 1.87. The van der Waals surface area contributed by atoms with Crippen LogP contribution in [0.4, 0.5) is 17.6 Å². The molecule has 0 aliphatic carbocycles. The van der Waals surface area contributed by atoms with Crippen LogP contribution >= 0.6 is 0 Å². The van der Waals surface area contributed by atoms with Gasteiger partial charge < -0.3 is 10.1 Å². The second kappa shape index (κ2) is 7.91. The number of carbonyl (C=O) groups is 1. The fourth-order valence-electron chi connectivity index (χ4n) is 1.81. The molecule has 1 N–H and O–H groups in total. The van der Waals surface area contributed by atoms with Gasteiger partial charge in [0, 0.05) is 36.3 Å². The van der Waals surface area contributed by atoms with Crippen molar-refractivity contribution >= 4 is 5.91 Å². The fourth-order valence-corrected chi connectivity index (χ4v) is 1.81. The van der Waals surface area contributed by atoms with Crippen molar-refractivity contribution in [3.63, 3.8) is 0 Å². The maximum absolute atomic E-state index is 12.8. The maximum atomic E-state index is 12.8. The van der Waals surface area contributed by atoms with E-state index in [9.17, 15) is 22.4 Å². The van der Waals surface area contributed by atoms with E-state index in [-0.39, 0.29) is 18.3 Å². The van der Waals surface area contributed by atoms with Gasteiger partial charge in [-0.2, -0.15) is 8.78 Å². The Hall–Kier alpha value is -2.71. The number of amides is 1. The van der Waals surface area contributed by atoms with Crippen LogP contribution in [0.3, 0.4) is 0 Å². The van der Waals surface area contributed by atoms with E-state index in [4.69, 9.17) is 0 Å². The summed E-state index contributed by atoms with van der Waals surface area (Å²) in [6, 6.07) is 5.95. The quantitative estimate of drug-likeness (QED) is 0.774. The van der Waals surface area contributed by atoms with E-state index < -0.39 is 19.0 Å². The summed E-state index contributed by atoms with van der Waals surface area (Å²) in [5.74, 6) is -4.75. The highest BCUT2D eigenvalue weighted by Gasteiger charge is 2.41. The van der Waals surface area contributed by atoms with Crippen molar-refractivity contribution in [2.24, 2.45) is 0 Å². The van der Waals surface area contributed by atoms with Crippen LogP contribution in [0.1, 0.15) is 21.6 Å². The van der Waals surface area contributed by atoms with E-state index in [1.807, 2.05) is 0 Å². The molecule has 2 aromatic heterocycles. The first-order valence-corrected chi connectivity index (χ1v) is 7.22. The topological polar surface area (TPSA) is 64.1 Å². The summed E-state index contributed by atoms with van der Waals surface area (Å²) < 4.78 is 54.1. The smallest absolute Gasteiger partial charge is 0.340 e. The van der Waals surface area contributed by atoms with Crippen molar-refractivity contribution in [1.29, 1.82) is 0 Å². The van der Waals surface area contributed by atoms with Gasteiger partial charge >= 0.3 is 12.3 Å². The van der Waals surface area contributed by atoms with E-state index >= 15 is 0 Å². The first-order chi connectivity index (χ1) is 11.8. The third kappa shape index (κ3) is 5.40. The average molecular weight is 357 g/mol. The molecule has 9 heteroatoms. The molecule has 0 bridgehead atoms. The second-order valence-electron chi connectivity index (χ2n) is 5.22. The first-order valence-electron chi connectivity index (χ1n) is 7.22. The molecule has 5 nitrogen and oxygen atoms in total. The molecule has 0 spiro atoms. The summed E-state index contributed by atoms with van der Waals surface area (Å²) in [4.78, 5) is 19.7. The number of ether oxygens (including phenoxy) is 1. The first kappa shape index (κ1) is 18.6. The molecule has 25 heavy (non-hydrogen) atoms. The van der Waals surface area contributed by atoms with Gasteiger partial charge in [-0.15, -0.1) is 0 Å². The highest BCUT2D eigenvalue weighted by molar-refractivity contribution is 5.94. The molecule has 0 radical (unpaired) electrons. The van der Waals surface area contributed by atoms with Crippen LogP contribution in [0.2, 0.25) is 0 Å². The zero-order chi connectivity index (χ0) is 18.4. The summed E-state index contributed by atoms with van der Waals surface area (Å²) in [6.07, 6.45) is -0.986. The number of aryl methyl sites for hydroxylation is 1. The Bertz CT molecular complexity index is 724. The van der Waals surface area contributed by atoms with Crippen LogP contribution in [0.15, 0.2) is 36.7 Å². The van der Waals surface area contributed by atoms with E-state index in [1.54, 1.807) is 19.1 Å². The lowest BCUT2D eigenvalue weighted by atomic mass is 10.2. The van der Waals surface area contributed by atoms with E-state index in [1.165, 1.54) is 24.5 Å². The van der Waals surface area contributed by atoms with E-state index in [0.29, 0.717) is 16.8 Å². The number of nitrogens with one attached hydrogen (secondary N) is 1. The van der Waals surface area contributed by atoms with Gasteiger partial charge in [-0.25, -0.2) is 13.8 Å². The Morgan fingerprint density at radius 1 is 1.28 bits per heavy atom. The molecule has 0 aromatic carbocycles. The van der Waals surface area contributed by atoms with Crippen LogP contribution in [0.25, 0.3) is 0 Å². The molecule has 0 atom stereocenters. The SMILES string of the molecule is Cc1cc(C(=O)NCc2ccc(OCC(F)(F)C(F)F)nc2)ccn1. The van der Waals surface area contributed by atoms with Gasteiger partial charge in [0.2, 0.25) is 5.88 Å². The summed E-state index contributed by atoms with van der Waals surface area (Å²) in [6.45, 7) is 0.451. The standard InChI is InChI=1S/C16H15F4N3O2/c1-10-6-12(4-5-21-10)14(24)23-8-11-2-3-13(22-7-11)25-9-16(19,20)15(17)18/h2-7,15H,8-9H2,1H3,(H,23,24). The molecule has 0 aliphatic heterocycles. The molecule has 0 fully saturated rings. The lowest BCUT2D eigenvalue weighted by molar-refractivity contribution is -0.148. The summed E-state index contributed by atoms with van der Waals surface area (Å²) in [7, 11) is 0. The summed E-state index contributed by atoms with van der Waals surface area (Å²) in [5.41, 5.74) is 1.75. The Kier molecular flexibility index (Phi) is 5.89. The van der Waals surface area contributed by atoms with Crippen molar-refractivity contribution in [3.8, 4) is 5.88 Å². The lowest BCUT2D eigenvalue weighted by Gasteiger charge is -2.15. The summed E-state index contributed by atoms with van der Waals surface area (Å²) in [5, 5.41) is 2.67. The minimum Gasteiger partial charge on any atom is -0.471 e. The van der Waals surface area contributed by atoms with Crippen LogP contribution in [0.5, 0.6) is 5.88 Å².